The highest BCUT2D eigenvalue weighted by Crippen LogP contribution is 2.29. The van der Waals surface area contributed by atoms with Gasteiger partial charge in [-0.25, -0.2) is 0 Å². The van der Waals surface area contributed by atoms with Gasteiger partial charge in [-0.05, 0) is 62.3 Å². The van der Waals surface area contributed by atoms with Crippen LogP contribution in [0.2, 0.25) is 0 Å². The first kappa shape index (κ1) is 23.3. The molecule has 0 unspecified atom stereocenters. The van der Waals surface area contributed by atoms with Crippen LogP contribution in [0.15, 0.2) is 48.5 Å². The van der Waals surface area contributed by atoms with Gasteiger partial charge in [0.15, 0.2) is 0 Å². The molecule has 33 heavy (non-hydrogen) atoms. The molecule has 6 heteroatoms. The van der Waals surface area contributed by atoms with Crippen molar-refractivity contribution >= 4 is 23.2 Å². The van der Waals surface area contributed by atoms with E-state index in [1.54, 1.807) is 0 Å². The fourth-order valence-corrected chi connectivity index (χ4v) is 4.80. The van der Waals surface area contributed by atoms with Crippen molar-refractivity contribution in [3.8, 4) is 0 Å². The molecule has 2 aromatic rings. The number of anilines is 2. The van der Waals surface area contributed by atoms with E-state index in [4.69, 9.17) is 4.74 Å². The summed E-state index contributed by atoms with van der Waals surface area (Å²) in [5, 5.41) is 6.11. The normalized spacial score (nSPS) is 19.2. The van der Waals surface area contributed by atoms with E-state index in [0.717, 1.165) is 56.6 Å². The molecule has 0 bridgehead atoms. The van der Waals surface area contributed by atoms with Crippen molar-refractivity contribution < 1.29 is 14.3 Å². The molecular weight excluding hydrogens is 414 g/mol. The van der Waals surface area contributed by atoms with Crippen LogP contribution in [0.3, 0.4) is 0 Å². The summed E-state index contributed by atoms with van der Waals surface area (Å²) in [4.78, 5) is 28.6. The lowest BCUT2D eigenvalue weighted by molar-refractivity contribution is -0.117. The molecule has 0 aromatic heterocycles. The summed E-state index contributed by atoms with van der Waals surface area (Å²) < 4.78 is 5.66. The Balaban J connectivity index is 1.53. The highest BCUT2D eigenvalue weighted by atomic mass is 16.5. The molecule has 4 rings (SSSR count). The number of piperidine rings is 1. The number of nitrogens with zero attached hydrogens (tertiary/aromatic N) is 1. The maximum Gasteiger partial charge on any atom is 0.253 e. The molecule has 2 atom stereocenters. The van der Waals surface area contributed by atoms with Gasteiger partial charge in [0.1, 0.15) is 0 Å². The molecule has 2 N–H and O–H groups in total. The van der Waals surface area contributed by atoms with E-state index in [9.17, 15) is 9.59 Å². The zero-order valence-electron chi connectivity index (χ0n) is 19.5. The van der Waals surface area contributed by atoms with E-state index < -0.39 is 0 Å². The third-order valence-electron chi connectivity index (χ3n) is 6.65. The minimum atomic E-state index is -0.232. The van der Waals surface area contributed by atoms with Gasteiger partial charge in [-0.15, -0.1) is 0 Å². The minimum absolute atomic E-state index is 0.0554. The standard InChI is InChI=1S/C27H35N3O3/c1-2-23(20-10-5-3-6-11-20)27(32)29-21-13-14-25(30-15-7-4-8-16-30)24(18-21)26(31)28-19-22-12-9-17-33-22/h3,5-6,10-11,13-14,18,22-23H,2,4,7-9,12,15-17,19H2,1H3,(H,28,31)(H,29,32)/t22-,23-/m1/s1. The minimum Gasteiger partial charge on any atom is -0.376 e. The number of carbonyl (C=O) groups excluding carboxylic acids is 2. The molecule has 2 saturated heterocycles. The van der Waals surface area contributed by atoms with Gasteiger partial charge in [-0.2, -0.15) is 0 Å². The quantitative estimate of drug-likeness (QED) is 0.612. The van der Waals surface area contributed by atoms with Gasteiger partial charge < -0.3 is 20.3 Å². The van der Waals surface area contributed by atoms with Crippen LogP contribution in [0, 0.1) is 0 Å². The third-order valence-corrected chi connectivity index (χ3v) is 6.65. The third kappa shape index (κ3) is 5.93. The Morgan fingerprint density at radius 3 is 2.55 bits per heavy atom. The maximum atomic E-state index is 13.2. The molecular formula is C27H35N3O3. The summed E-state index contributed by atoms with van der Waals surface area (Å²) >= 11 is 0. The average Bonchev–Trinajstić information content (AvgIpc) is 3.38. The zero-order valence-corrected chi connectivity index (χ0v) is 19.5. The molecule has 2 heterocycles. The van der Waals surface area contributed by atoms with Crippen molar-refractivity contribution in [3.05, 3.63) is 59.7 Å². The van der Waals surface area contributed by atoms with Crippen molar-refractivity contribution in [2.45, 2.75) is 57.5 Å². The van der Waals surface area contributed by atoms with Crippen molar-refractivity contribution in [2.24, 2.45) is 0 Å². The number of nitrogens with one attached hydrogen (secondary N) is 2. The second kappa shape index (κ2) is 11.3. The number of hydrogen-bond acceptors (Lipinski definition) is 4. The van der Waals surface area contributed by atoms with Crippen LogP contribution in [0.5, 0.6) is 0 Å². The van der Waals surface area contributed by atoms with E-state index >= 15 is 0 Å². The molecule has 6 nitrogen and oxygen atoms in total. The van der Waals surface area contributed by atoms with Gasteiger partial charge in [0.25, 0.3) is 5.91 Å². The largest absolute Gasteiger partial charge is 0.376 e. The van der Waals surface area contributed by atoms with Crippen LogP contribution in [-0.2, 0) is 9.53 Å². The Bertz CT molecular complexity index is 935. The van der Waals surface area contributed by atoms with Gasteiger partial charge >= 0.3 is 0 Å². The molecule has 0 spiro atoms. The van der Waals surface area contributed by atoms with Crippen molar-refractivity contribution in [1.82, 2.24) is 5.32 Å². The van der Waals surface area contributed by atoms with E-state index in [1.807, 2.05) is 55.5 Å². The summed E-state index contributed by atoms with van der Waals surface area (Å²) in [5.41, 5.74) is 3.20. The first-order valence-corrected chi connectivity index (χ1v) is 12.3. The van der Waals surface area contributed by atoms with E-state index in [0.29, 0.717) is 24.2 Å². The highest BCUT2D eigenvalue weighted by molar-refractivity contribution is 6.03. The van der Waals surface area contributed by atoms with Crippen molar-refractivity contribution in [1.29, 1.82) is 0 Å². The molecule has 176 valence electrons. The lowest BCUT2D eigenvalue weighted by Crippen LogP contribution is -2.35. The van der Waals surface area contributed by atoms with Crippen LogP contribution in [-0.4, -0.2) is 44.2 Å². The molecule has 2 fully saturated rings. The van der Waals surface area contributed by atoms with Crippen LogP contribution in [0.25, 0.3) is 0 Å². The molecule has 0 saturated carbocycles. The second-order valence-corrected chi connectivity index (χ2v) is 8.99. The maximum absolute atomic E-state index is 13.2. The van der Waals surface area contributed by atoms with E-state index in [2.05, 4.69) is 15.5 Å². The Hall–Kier alpha value is -2.86. The average molecular weight is 450 g/mol. The topological polar surface area (TPSA) is 70.7 Å². The summed E-state index contributed by atoms with van der Waals surface area (Å²) in [6.07, 6.45) is 6.30. The lowest BCUT2D eigenvalue weighted by Gasteiger charge is -2.30. The fraction of sp³-hybridized carbons (Fsp3) is 0.481. The summed E-state index contributed by atoms with van der Waals surface area (Å²) in [6, 6.07) is 15.5. The fourth-order valence-electron chi connectivity index (χ4n) is 4.80. The summed E-state index contributed by atoms with van der Waals surface area (Å²) in [6.45, 7) is 5.19. The zero-order chi connectivity index (χ0) is 23.0. The SMILES string of the molecule is CC[C@@H](C(=O)Nc1ccc(N2CCCCC2)c(C(=O)NC[C@H]2CCCO2)c1)c1ccccc1. The van der Waals surface area contributed by atoms with E-state index in [-0.39, 0.29) is 23.8 Å². The second-order valence-electron chi connectivity index (χ2n) is 8.99. The Morgan fingerprint density at radius 2 is 1.85 bits per heavy atom. The number of ether oxygens (including phenoxy) is 1. The molecule has 2 amide bonds. The van der Waals surface area contributed by atoms with Crippen molar-refractivity contribution in [3.63, 3.8) is 0 Å². The molecule has 2 aliphatic heterocycles. The number of benzene rings is 2. The number of amides is 2. The van der Waals surface area contributed by atoms with Crippen LogP contribution in [0.1, 0.15) is 67.3 Å². The molecule has 2 aliphatic rings. The van der Waals surface area contributed by atoms with Gasteiger partial charge in [-0.1, -0.05) is 37.3 Å². The van der Waals surface area contributed by atoms with Gasteiger partial charge in [-0.3, -0.25) is 9.59 Å². The predicted molar refractivity (Wildman–Crippen MR) is 132 cm³/mol. The van der Waals surface area contributed by atoms with Gasteiger partial charge in [0, 0.05) is 37.6 Å². The Morgan fingerprint density at radius 1 is 1.06 bits per heavy atom. The van der Waals surface area contributed by atoms with E-state index in [1.165, 1.54) is 6.42 Å². The van der Waals surface area contributed by atoms with Gasteiger partial charge in [0.05, 0.1) is 17.6 Å². The molecule has 0 aliphatic carbocycles. The Labute approximate surface area is 196 Å². The summed E-state index contributed by atoms with van der Waals surface area (Å²) in [7, 11) is 0. The smallest absolute Gasteiger partial charge is 0.253 e. The summed E-state index contributed by atoms with van der Waals surface area (Å²) in [5.74, 6) is -0.401. The van der Waals surface area contributed by atoms with Crippen LogP contribution >= 0.6 is 0 Å². The van der Waals surface area contributed by atoms with Gasteiger partial charge in [0.2, 0.25) is 5.91 Å². The monoisotopic (exact) mass is 449 g/mol. The Kier molecular flexibility index (Phi) is 8.00. The first-order valence-electron chi connectivity index (χ1n) is 12.3. The molecule has 0 radical (unpaired) electrons. The predicted octanol–water partition coefficient (Wildman–Crippen LogP) is 4.72. The highest BCUT2D eigenvalue weighted by Gasteiger charge is 2.23. The van der Waals surface area contributed by atoms with Crippen molar-refractivity contribution in [2.75, 3.05) is 36.5 Å². The molecule has 2 aromatic carbocycles. The van der Waals surface area contributed by atoms with Crippen LogP contribution in [0.4, 0.5) is 11.4 Å². The number of hydrogen-bond donors (Lipinski definition) is 2. The number of carbonyl (C=O) groups is 2. The number of rotatable bonds is 8. The first-order chi connectivity index (χ1) is 16.2. The van der Waals surface area contributed by atoms with Crippen LogP contribution < -0.4 is 15.5 Å². The lowest BCUT2D eigenvalue weighted by atomic mass is 9.95.